The summed E-state index contributed by atoms with van der Waals surface area (Å²) < 4.78 is 0. The van der Waals surface area contributed by atoms with Gasteiger partial charge in [0.1, 0.15) is 0 Å². The first-order chi connectivity index (χ1) is 21.3. The van der Waals surface area contributed by atoms with Gasteiger partial charge in [-0.3, -0.25) is 0 Å². The number of rotatable bonds is 17. The summed E-state index contributed by atoms with van der Waals surface area (Å²) in [5, 5.41) is 0. The molecule has 0 amide bonds. The quantitative estimate of drug-likeness (QED) is 0.146. The largest absolute Gasteiger partial charge is 0.0914 e. The highest BCUT2D eigenvalue weighted by Crippen LogP contribution is 2.46. The number of allylic oxidation sites excluding steroid dienone is 12. The van der Waals surface area contributed by atoms with Crippen molar-refractivity contribution >= 4 is 0 Å². The van der Waals surface area contributed by atoms with E-state index < -0.39 is 0 Å². The highest BCUT2D eigenvalue weighted by molar-refractivity contribution is 5.09. The molecule has 1 saturated carbocycles. The van der Waals surface area contributed by atoms with Crippen molar-refractivity contribution in [2.45, 2.75) is 132 Å². The van der Waals surface area contributed by atoms with Gasteiger partial charge >= 0.3 is 0 Å². The molecule has 0 spiro atoms. The zero-order chi connectivity index (χ0) is 31.9. The molecule has 0 bridgehead atoms. The molecule has 3 aliphatic carbocycles. The summed E-state index contributed by atoms with van der Waals surface area (Å²) in [6.45, 7) is 18.9. The Bertz CT molecular complexity index is 951. The van der Waals surface area contributed by atoms with Crippen molar-refractivity contribution in [3.05, 3.63) is 72.9 Å². The Labute approximate surface area is 275 Å². The summed E-state index contributed by atoms with van der Waals surface area (Å²) >= 11 is 0. The average Bonchev–Trinajstić information content (AvgIpc) is 3.55. The summed E-state index contributed by atoms with van der Waals surface area (Å²) in [7, 11) is 0. The van der Waals surface area contributed by atoms with Gasteiger partial charge < -0.3 is 0 Å². The molecule has 11 atom stereocenters. The van der Waals surface area contributed by atoms with E-state index in [1.54, 1.807) is 0 Å². The van der Waals surface area contributed by atoms with Crippen LogP contribution in [0, 0.1) is 71.0 Å². The van der Waals surface area contributed by atoms with Crippen LogP contribution in [0.5, 0.6) is 0 Å². The Morgan fingerprint density at radius 1 is 0.614 bits per heavy atom. The zero-order valence-corrected chi connectivity index (χ0v) is 30.3. The van der Waals surface area contributed by atoms with Crippen molar-refractivity contribution in [3.63, 3.8) is 0 Å². The fraction of sp³-hybridized carbons (Fsp3) is 0.727. The SMILES string of the molecule is C/C=C/C(CC(C)/C=C/C(C1C=CC(C)CC1)C1CCCC1)CC(/C=C/C)C(C1C=CC(C)CC1)C(CC)C(/C=C/C)CC. The van der Waals surface area contributed by atoms with Gasteiger partial charge in [0.2, 0.25) is 0 Å². The van der Waals surface area contributed by atoms with Gasteiger partial charge in [-0.25, -0.2) is 0 Å². The van der Waals surface area contributed by atoms with Gasteiger partial charge in [-0.2, -0.15) is 0 Å². The van der Waals surface area contributed by atoms with Crippen LogP contribution in [0.3, 0.4) is 0 Å². The van der Waals surface area contributed by atoms with Gasteiger partial charge in [0, 0.05) is 0 Å². The van der Waals surface area contributed by atoms with E-state index in [4.69, 9.17) is 0 Å². The van der Waals surface area contributed by atoms with Crippen molar-refractivity contribution in [1.29, 1.82) is 0 Å². The van der Waals surface area contributed by atoms with Gasteiger partial charge in [0.05, 0.1) is 0 Å². The van der Waals surface area contributed by atoms with E-state index in [9.17, 15) is 0 Å². The molecule has 0 aromatic heterocycles. The van der Waals surface area contributed by atoms with Crippen LogP contribution in [0.1, 0.15) is 132 Å². The highest BCUT2D eigenvalue weighted by atomic mass is 14.4. The molecule has 248 valence electrons. The molecule has 0 nitrogen and oxygen atoms in total. The van der Waals surface area contributed by atoms with Crippen LogP contribution in [0.4, 0.5) is 0 Å². The molecule has 0 aromatic rings. The van der Waals surface area contributed by atoms with Crippen LogP contribution >= 0.6 is 0 Å². The van der Waals surface area contributed by atoms with Gasteiger partial charge in [0.25, 0.3) is 0 Å². The predicted octanol–water partition coefficient (Wildman–Crippen LogP) is 13.6. The van der Waals surface area contributed by atoms with Crippen molar-refractivity contribution in [2.75, 3.05) is 0 Å². The first-order valence-corrected chi connectivity index (χ1v) is 19.3. The first-order valence-electron chi connectivity index (χ1n) is 19.3. The Morgan fingerprint density at radius 3 is 1.73 bits per heavy atom. The maximum absolute atomic E-state index is 2.70. The third-order valence-electron chi connectivity index (χ3n) is 12.0. The zero-order valence-electron chi connectivity index (χ0n) is 30.3. The van der Waals surface area contributed by atoms with E-state index >= 15 is 0 Å². The lowest BCUT2D eigenvalue weighted by Crippen LogP contribution is -2.35. The summed E-state index contributed by atoms with van der Waals surface area (Å²) in [5.74, 6) is 8.52. The van der Waals surface area contributed by atoms with E-state index in [-0.39, 0.29) is 0 Å². The van der Waals surface area contributed by atoms with E-state index in [0.717, 1.165) is 35.5 Å². The summed E-state index contributed by atoms with van der Waals surface area (Å²) in [5.41, 5.74) is 0. The van der Waals surface area contributed by atoms with Gasteiger partial charge in [-0.1, -0.05) is 127 Å². The molecular formula is C44H72. The van der Waals surface area contributed by atoms with Crippen LogP contribution in [0.15, 0.2) is 72.9 Å². The van der Waals surface area contributed by atoms with Crippen LogP contribution < -0.4 is 0 Å². The molecule has 0 radical (unpaired) electrons. The first kappa shape index (κ1) is 36.9. The molecule has 0 heterocycles. The molecular weight excluding hydrogens is 528 g/mol. The van der Waals surface area contributed by atoms with Gasteiger partial charge in [-0.15, -0.1) is 0 Å². The minimum absolute atomic E-state index is 0.611. The van der Waals surface area contributed by atoms with Crippen LogP contribution in [0.2, 0.25) is 0 Å². The van der Waals surface area contributed by atoms with Crippen molar-refractivity contribution in [3.8, 4) is 0 Å². The van der Waals surface area contributed by atoms with Crippen LogP contribution in [0.25, 0.3) is 0 Å². The second-order valence-corrected chi connectivity index (χ2v) is 15.4. The van der Waals surface area contributed by atoms with E-state index in [0.29, 0.717) is 35.5 Å². The monoisotopic (exact) mass is 601 g/mol. The molecule has 0 aliphatic heterocycles. The van der Waals surface area contributed by atoms with Crippen LogP contribution in [-0.4, -0.2) is 0 Å². The second kappa shape index (κ2) is 19.8. The topological polar surface area (TPSA) is 0 Å². The second-order valence-electron chi connectivity index (χ2n) is 15.4. The molecule has 0 saturated heterocycles. The molecule has 3 aliphatic rings. The molecule has 44 heavy (non-hydrogen) atoms. The molecule has 0 heteroatoms. The molecule has 3 rings (SSSR count). The number of hydrogen-bond donors (Lipinski definition) is 0. The number of hydrogen-bond acceptors (Lipinski definition) is 0. The molecule has 0 aromatic carbocycles. The lowest BCUT2D eigenvalue weighted by molar-refractivity contribution is 0.126. The van der Waals surface area contributed by atoms with Gasteiger partial charge in [-0.05, 0) is 150 Å². The van der Waals surface area contributed by atoms with Crippen molar-refractivity contribution in [1.82, 2.24) is 0 Å². The van der Waals surface area contributed by atoms with Crippen molar-refractivity contribution in [2.24, 2.45) is 71.0 Å². The summed E-state index contributed by atoms with van der Waals surface area (Å²) in [6.07, 6.45) is 46.6. The molecule has 1 fully saturated rings. The maximum Gasteiger partial charge on any atom is -0.0142 e. The Hall–Kier alpha value is -1.56. The van der Waals surface area contributed by atoms with E-state index in [2.05, 4.69) is 128 Å². The summed E-state index contributed by atoms with van der Waals surface area (Å²) in [6, 6.07) is 0. The minimum Gasteiger partial charge on any atom is -0.0914 e. The lowest BCUT2D eigenvalue weighted by Gasteiger charge is -2.42. The minimum atomic E-state index is 0.611. The fourth-order valence-electron chi connectivity index (χ4n) is 9.60. The average molecular weight is 601 g/mol. The van der Waals surface area contributed by atoms with Crippen molar-refractivity contribution < 1.29 is 0 Å². The fourth-order valence-corrected chi connectivity index (χ4v) is 9.60. The Balaban J connectivity index is 1.83. The third-order valence-corrected chi connectivity index (χ3v) is 12.0. The highest BCUT2D eigenvalue weighted by Gasteiger charge is 2.37. The van der Waals surface area contributed by atoms with Crippen LogP contribution in [-0.2, 0) is 0 Å². The normalized spacial score (nSPS) is 30.0. The summed E-state index contributed by atoms with van der Waals surface area (Å²) in [4.78, 5) is 0. The predicted molar refractivity (Wildman–Crippen MR) is 198 cm³/mol. The lowest BCUT2D eigenvalue weighted by atomic mass is 9.62. The van der Waals surface area contributed by atoms with E-state index in [1.807, 2.05) is 0 Å². The maximum atomic E-state index is 2.70. The smallest absolute Gasteiger partial charge is 0.0142 e. The standard InChI is InChI=1S/C44H72/c1-9-16-36(31-35(8)25-30-43(38-19-14-15-20-38)39-26-21-33(6)22-27-39)32-41(18-11-3)44(40-28-23-34(7)24-29-40)42(13-5)37(12-4)17-10-2/h9-11,16-18,21,23,25-26,28,30,33-44H,12-15,19-20,22,24,27,29,31-32H2,1-8H3/b16-9+,17-10+,18-11+,30-25+. The third kappa shape index (κ3) is 11.1. The Morgan fingerprint density at radius 2 is 1.20 bits per heavy atom. The van der Waals surface area contributed by atoms with Gasteiger partial charge in [0.15, 0.2) is 0 Å². The Kier molecular flexibility index (Phi) is 16.6. The molecule has 11 unspecified atom stereocenters. The molecule has 0 N–H and O–H groups in total. The van der Waals surface area contributed by atoms with E-state index in [1.165, 1.54) is 77.0 Å².